The van der Waals surface area contributed by atoms with Crippen LogP contribution in [0.1, 0.15) is 19.4 Å². The van der Waals surface area contributed by atoms with Crippen molar-refractivity contribution in [1.29, 1.82) is 0 Å². The molecule has 0 amide bonds. The summed E-state index contributed by atoms with van der Waals surface area (Å²) < 4.78 is 10.1. The van der Waals surface area contributed by atoms with Crippen LogP contribution in [0.3, 0.4) is 0 Å². The Bertz CT molecular complexity index is 809. The lowest BCUT2D eigenvalue weighted by molar-refractivity contribution is -0.222. The normalized spacial score (nSPS) is 16.3. The summed E-state index contributed by atoms with van der Waals surface area (Å²) in [7, 11) is 0. The van der Waals surface area contributed by atoms with E-state index in [2.05, 4.69) is 0 Å². The number of phenolic OH excluding ortho intramolecular Hbond substituents is 1. The van der Waals surface area contributed by atoms with Crippen LogP contribution in [0.25, 0.3) is 17.2 Å². The van der Waals surface area contributed by atoms with E-state index in [0.29, 0.717) is 5.56 Å². The van der Waals surface area contributed by atoms with Crippen LogP contribution in [0.15, 0.2) is 54.1 Å². The molecule has 24 heavy (non-hydrogen) atoms. The van der Waals surface area contributed by atoms with Crippen LogP contribution in [0.4, 0.5) is 0 Å². The van der Waals surface area contributed by atoms with Gasteiger partial charge in [0.25, 0.3) is 5.79 Å². The lowest BCUT2D eigenvalue weighted by atomic mass is 10.0. The summed E-state index contributed by atoms with van der Waals surface area (Å²) in [4.78, 5) is 23.9. The molecule has 5 heteroatoms. The molecule has 1 aliphatic heterocycles. The van der Waals surface area contributed by atoms with Gasteiger partial charge in [-0.2, -0.15) is 0 Å². The predicted molar refractivity (Wildman–Crippen MR) is 87.8 cm³/mol. The molecule has 2 aromatic carbocycles. The molecule has 0 unspecified atom stereocenters. The molecule has 0 atom stereocenters. The lowest BCUT2D eigenvalue weighted by Crippen LogP contribution is -2.41. The summed E-state index contributed by atoms with van der Waals surface area (Å²) in [5, 5.41) is 9.53. The lowest BCUT2D eigenvalue weighted by Gasteiger charge is -2.29. The van der Waals surface area contributed by atoms with Gasteiger partial charge in [-0.05, 0) is 34.9 Å². The Balaban J connectivity index is 1.86. The Kier molecular flexibility index (Phi) is 3.85. The second kappa shape index (κ2) is 5.85. The van der Waals surface area contributed by atoms with Crippen molar-refractivity contribution in [2.75, 3.05) is 0 Å². The van der Waals surface area contributed by atoms with E-state index in [1.54, 1.807) is 30.3 Å². The Morgan fingerprint density at radius 3 is 2.12 bits per heavy atom. The van der Waals surface area contributed by atoms with Crippen LogP contribution < -0.4 is 0 Å². The number of phenols is 1. The monoisotopic (exact) mass is 324 g/mol. The van der Waals surface area contributed by atoms with Crippen LogP contribution in [0, 0.1) is 0 Å². The summed E-state index contributed by atoms with van der Waals surface area (Å²) in [6.45, 7) is 3.01. The summed E-state index contributed by atoms with van der Waals surface area (Å²) in [5.41, 5.74) is 2.30. The number of hydrogen-bond donors (Lipinski definition) is 1. The SMILES string of the molecule is CC1(C)OC(=O)C(=Cc2ccc(-c3cccc(O)c3)cc2)C(=O)O1. The van der Waals surface area contributed by atoms with Crippen molar-refractivity contribution < 1.29 is 24.2 Å². The maximum absolute atomic E-state index is 11.9. The highest BCUT2D eigenvalue weighted by atomic mass is 16.7. The molecule has 0 radical (unpaired) electrons. The highest BCUT2D eigenvalue weighted by Crippen LogP contribution is 2.26. The minimum Gasteiger partial charge on any atom is -0.508 e. The molecule has 0 saturated carbocycles. The van der Waals surface area contributed by atoms with E-state index in [1.807, 2.05) is 18.2 Å². The fourth-order valence-corrected chi connectivity index (χ4v) is 2.40. The van der Waals surface area contributed by atoms with Crippen molar-refractivity contribution in [2.24, 2.45) is 0 Å². The van der Waals surface area contributed by atoms with Gasteiger partial charge in [-0.15, -0.1) is 0 Å². The molecule has 1 heterocycles. The number of ether oxygens (including phenoxy) is 2. The van der Waals surface area contributed by atoms with Crippen LogP contribution in [-0.4, -0.2) is 22.8 Å². The fraction of sp³-hybridized carbons (Fsp3) is 0.158. The molecular weight excluding hydrogens is 308 g/mol. The summed E-state index contributed by atoms with van der Waals surface area (Å²) >= 11 is 0. The molecule has 0 bridgehead atoms. The standard InChI is InChI=1S/C19H16O5/c1-19(2)23-17(21)16(18(22)24-19)10-12-6-8-13(9-7-12)14-4-3-5-15(20)11-14/h3-11,20H,1-2H3. The molecule has 1 N–H and O–H groups in total. The van der Waals surface area contributed by atoms with Gasteiger partial charge in [-0.3, -0.25) is 0 Å². The first-order valence-corrected chi connectivity index (χ1v) is 7.42. The molecule has 122 valence electrons. The predicted octanol–water partition coefficient (Wildman–Crippen LogP) is 3.28. The highest BCUT2D eigenvalue weighted by molar-refractivity contribution is 6.18. The van der Waals surface area contributed by atoms with Crippen molar-refractivity contribution in [3.63, 3.8) is 0 Å². The number of benzene rings is 2. The molecule has 5 nitrogen and oxygen atoms in total. The van der Waals surface area contributed by atoms with Gasteiger partial charge in [0.05, 0.1) is 0 Å². The number of aromatic hydroxyl groups is 1. The fourth-order valence-electron chi connectivity index (χ4n) is 2.40. The first kappa shape index (κ1) is 15.8. The Morgan fingerprint density at radius 2 is 1.54 bits per heavy atom. The maximum Gasteiger partial charge on any atom is 0.348 e. The van der Waals surface area contributed by atoms with Crippen LogP contribution in [0.2, 0.25) is 0 Å². The number of carbonyl (C=O) groups excluding carboxylic acids is 2. The van der Waals surface area contributed by atoms with Crippen LogP contribution in [0.5, 0.6) is 5.75 Å². The molecule has 1 saturated heterocycles. The summed E-state index contributed by atoms with van der Waals surface area (Å²) in [5.74, 6) is -2.46. The van der Waals surface area contributed by atoms with Gasteiger partial charge < -0.3 is 14.6 Å². The molecule has 1 fully saturated rings. The van der Waals surface area contributed by atoms with E-state index < -0.39 is 17.7 Å². The van der Waals surface area contributed by atoms with Gasteiger partial charge in [0.1, 0.15) is 11.3 Å². The number of cyclic esters (lactones) is 2. The van der Waals surface area contributed by atoms with Gasteiger partial charge in [-0.1, -0.05) is 36.4 Å². The second-order valence-electron chi connectivity index (χ2n) is 5.91. The van der Waals surface area contributed by atoms with Gasteiger partial charge in [-0.25, -0.2) is 9.59 Å². The largest absolute Gasteiger partial charge is 0.508 e. The van der Waals surface area contributed by atoms with Gasteiger partial charge >= 0.3 is 11.9 Å². The average Bonchev–Trinajstić information content (AvgIpc) is 2.51. The maximum atomic E-state index is 11.9. The number of rotatable bonds is 2. The Labute approximate surface area is 139 Å². The first-order valence-electron chi connectivity index (χ1n) is 7.42. The number of carbonyl (C=O) groups is 2. The van der Waals surface area contributed by atoms with Gasteiger partial charge in [0, 0.05) is 13.8 Å². The van der Waals surface area contributed by atoms with Crippen LogP contribution in [-0.2, 0) is 19.1 Å². The smallest absolute Gasteiger partial charge is 0.348 e. The van der Waals surface area contributed by atoms with Crippen molar-refractivity contribution >= 4 is 18.0 Å². The van der Waals surface area contributed by atoms with Crippen LogP contribution >= 0.6 is 0 Å². The quantitative estimate of drug-likeness (QED) is 0.521. The molecule has 2 aromatic rings. The van der Waals surface area contributed by atoms with E-state index in [-0.39, 0.29) is 11.3 Å². The third-order valence-corrected chi connectivity index (χ3v) is 3.52. The van der Waals surface area contributed by atoms with E-state index in [0.717, 1.165) is 11.1 Å². The average molecular weight is 324 g/mol. The van der Waals surface area contributed by atoms with E-state index >= 15 is 0 Å². The molecule has 3 rings (SSSR count). The van der Waals surface area contributed by atoms with E-state index in [9.17, 15) is 14.7 Å². The topological polar surface area (TPSA) is 72.8 Å². The van der Waals surface area contributed by atoms with Crippen molar-refractivity contribution in [3.05, 3.63) is 59.7 Å². The molecular formula is C19H16O5. The van der Waals surface area contributed by atoms with E-state index in [1.165, 1.54) is 19.9 Å². The zero-order valence-corrected chi connectivity index (χ0v) is 13.3. The Morgan fingerprint density at radius 1 is 0.917 bits per heavy atom. The first-order chi connectivity index (χ1) is 11.3. The molecule has 0 spiro atoms. The number of esters is 2. The van der Waals surface area contributed by atoms with E-state index in [4.69, 9.17) is 9.47 Å². The van der Waals surface area contributed by atoms with Gasteiger partial charge in [0.15, 0.2) is 0 Å². The van der Waals surface area contributed by atoms with Crippen molar-refractivity contribution in [2.45, 2.75) is 19.6 Å². The molecule has 0 aliphatic carbocycles. The highest BCUT2D eigenvalue weighted by Gasteiger charge is 2.38. The van der Waals surface area contributed by atoms with Crippen molar-refractivity contribution in [1.82, 2.24) is 0 Å². The molecule has 1 aliphatic rings. The van der Waals surface area contributed by atoms with Gasteiger partial charge in [0.2, 0.25) is 0 Å². The minimum atomic E-state index is -1.25. The number of hydrogen-bond acceptors (Lipinski definition) is 5. The minimum absolute atomic E-state index is 0.139. The summed E-state index contributed by atoms with van der Waals surface area (Å²) in [6.07, 6.45) is 1.44. The second-order valence-corrected chi connectivity index (χ2v) is 5.91. The molecule has 0 aromatic heterocycles. The third kappa shape index (κ3) is 3.30. The summed E-state index contributed by atoms with van der Waals surface area (Å²) in [6, 6.07) is 14.1. The zero-order chi connectivity index (χ0) is 17.3. The third-order valence-electron chi connectivity index (χ3n) is 3.52. The van der Waals surface area contributed by atoms with Crippen molar-refractivity contribution in [3.8, 4) is 16.9 Å². The zero-order valence-electron chi connectivity index (χ0n) is 13.3. The Hall–Kier alpha value is -3.08.